The molecule has 5 heteroatoms. The maximum absolute atomic E-state index is 11.0. The maximum Gasteiger partial charge on any atom is 0.303 e. The van der Waals surface area contributed by atoms with Crippen molar-refractivity contribution in [1.29, 1.82) is 0 Å². The highest BCUT2D eigenvalue weighted by Crippen LogP contribution is 2.18. The number of hydrazine groups is 1. The fourth-order valence-corrected chi connectivity index (χ4v) is 1.61. The van der Waals surface area contributed by atoms with E-state index in [1.54, 1.807) is 0 Å². The number of aliphatic carboxylic acids is 1. The predicted molar refractivity (Wildman–Crippen MR) is 61.4 cm³/mol. The van der Waals surface area contributed by atoms with Crippen LogP contribution in [0.3, 0.4) is 0 Å². The Kier molecular flexibility index (Phi) is 6.72. The van der Waals surface area contributed by atoms with E-state index in [2.05, 4.69) is 13.8 Å². The van der Waals surface area contributed by atoms with E-state index in [-0.39, 0.29) is 18.2 Å². The molecule has 0 aromatic carbocycles. The van der Waals surface area contributed by atoms with Crippen LogP contribution in [0.15, 0.2) is 0 Å². The Balaban J connectivity index is 4.30. The van der Waals surface area contributed by atoms with Crippen molar-refractivity contribution < 1.29 is 14.7 Å². The van der Waals surface area contributed by atoms with E-state index in [4.69, 9.17) is 10.9 Å². The maximum atomic E-state index is 11.0. The van der Waals surface area contributed by atoms with Crippen molar-refractivity contribution in [2.75, 3.05) is 6.54 Å². The molecule has 0 aromatic heterocycles. The lowest BCUT2D eigenvalue weighted by molar-refractivity contribution is -0.139. The second-order valence-electron chi connectivity index (χ2n) is 4.38. The highest BCUT2D eigenvalue weighted by atomic mass is 16.4. The minimum absolute atomic E-state index is 0.0608. The molecule has 94 valence electrons. The predicted octanol–water partition coefficient (Wildman–Crippen LogP) is 1.24. The third-order valence-corrected chi connectivity index (χ3v) is 2.76. The summed E-state index contributed by atoms with van der Waals surface area (Å²) in [5.41, 5.74) is 0. The van der Waals surface area contributed by atoms with E-state index < -0.39 is 5.97 Å². The number of rotatable bonds is 7. The molecule has 0 aromatic rings. The lowest BCUT2D eigenvalue weighted by Crippen LogP contribution is -2.40. The molecule has 0 saturated heterocycles. The average molecular weight is 230 g/mol. The van der Waals surface area contributed by atoms with E-state index in [0.29, 0.717) is 12.5 Å². The lowest BCUT2D eigenvalue weighted by Gasteiger charge is -2.23. The summed E-state index contributed by atoms with van der Waals surface area (Å²) >= 11 is 0. The van der Waals surface area contributed by atoms with Crippen LogP contribution in [-0.2, 0) is 9.59 Å². The number of carbonyl (C=O) groups excluding carboxylic acids is 1. The van der Waals surface area contributed by atoms with Crippen molar-refractivity contribution in [3.63, 3.8) is 0 Å². The average Bonchev–Trinajstić information content (AvgIpc) is 2.16. The summed E-state index contributed by atoms with van der Waals surface area (Å²) in [6, 6.07) is 0. The van der Waals surface area contributed by atoms with E-state index in [0.717, 1.165) is 17.9 Å². The Hall–Kier alpha value is -1.10. The van der Waals surface area contributed by atoms with Crippen molar-refractivity contribution in [2.24, 2.45) is 17.7 Å². The first-order valence-electron chi connectivity index (χ1n) is 5.61. The van der Waals surface area contributed by atoms with Crippen molar-refractivity contribution in [1.82, 2.24) is 5.01 Å². The Morgan fingerprint density at radius 1 is 1.44 bits per heavy atom. The van der Waals surface area contributed by atoms with Gasteiger partial charge in [-0.15, -0.1) is 0 Å². The number of nitrogens with two attached hydrogens (primary N) is 1. The summed E-state index contributed by atoms with van der Waals surface area (Å²) in [7, 11) is 0. The van der Waals surface area contributed by atoms with Crippen LogP contribution in [0.4, 0.5) is 0 Å². The molecule has 2 atom stereocenters. The minimum atomic E-state index is -0.842. The van der Waals surface area contributed by atoms with Gasteiger partial charge in [0.15, 0.2) is 0 Å². The molecule has 0 fully saturated rings. The molecule has 0 aliphatic rings. The highest BCUT2D eigenvalue weighted by Gasteiger charge is 2.19. The van der Waals surface area contributed by atoms with Crippen LogP contribution in [0.2, 0.25) is 0 Å². The van der Waals surface area contributed by atoms with E-state index in [1.165, 1.54) is 6.92 Å². The van der Waals surface area contributed by atoms with E-state index >= 15 is 0 Å². The first-order chi connectivity index (χ1) is 7.36. The van der Waals surface area contributed by atoms with Gasteiger partial charge < -0.3 is 5.11 Å². The Labute approximate surface area is 96.6 Å². The standard InChI is InChI=1S/C11H22N2O3/c1-4-8(2)5-10(6-11(15)16)7-13(12)9(3)14/h8,10H,4-7,12H2,1-3H3,(H,15,16). The van der Waals surface area contributed by atoms with Gasteiger partial charge in [-0.3, -0.25) is 14.6 Å². The number of hydrogen-bond donors (Lipinski definition) is 2. The molecule has 0 heterocycles. The van der Waals surface area contributed by atoms with Crippen LogP contribution >= 0.6 is 0 Å². The van der Waals surface area contributed by atoms with Gasteiger partial charge in [-0.25, -0.2) is 5.84 Å². The third-order valence-electron chi connectivity index (χ3n) is 2.76. The fraction of sp³-hybridized carbons (Fsp3) is 0.818. The van der Waals surface area contributed by atoms with E-state index in [9.17, 15) is 9.59 Å². The molecule has 5 nitrogen and oxygen atoms in total. The molecule has 3 N–H and O–H groups in total. The molecule has 0 rings (SSSR count). The number of carboxylic acids is 1. The zero-order chi connectivity index (χ0) is 12.7. The fourth-order valence-electron chi connectivity index (χ4n) is 1.61. The van der Waals surface area contributed by atoms with Crippen LogP contribution in [0.25, 0.3) is 0 Å². The normalized spacial score (nSPS) is 14.2. The van der Waals surface area contributed by atoms with Gasteiger partial charge in [-0.05, 0) is 18.3 Å². The summed E-state index contributed by atoms with van der Waals surface area (Å²) in [5.74, 6) is 4.80. The summed E-state index contributed by atoms with van der Waals surface area (Å²) in [4.78, 5) is 21.7. The van der Waals surface area contributed by atoms with Crippen LogP contribution in [0.1, 0.15) is 40.0 Å². The molecular weight excluding hydrogens is 208 g/mol. The second kappa shape index (κ2) is 7.22. The second-order valence-corrected chi connectivity index (χ2v) is 4.38. The Morgan fingerprint density at radius 3 is 2.38 bits per heavy atom. The van der Waals surface area contributed by atoms with Gasteiger partial charge in [0.25, 0.3) is 0 Å². The number of nitrogens with zero attached hydrogens (tertiary/aromatic N) is 1. The largest absolute Gasteiger partial charge is 0.481 e. The quantitative estimate of drug-likeness (QED) is 0.391. The van der Waals surface area contributed by atoms with Gasteiger partial charge in [0.2, 0.25) is 5.91 Å². The van der Waals surface area contributed by atoms with Crippen molar-refractivity contribution in [2.45, 2.75) is 40.0 Å². The van der Waals surface area contributed by atoms with Gasteiger partial charge in [-0.2, -0.15) is 0 Å². The van der Waals surface area contributed by atoms with Crippen molar-refractivity contribution >= 4 is 11.9 Å². The summed E-state index contributed by atoms with van der Waals surface area (Å²) in [6.07, 6.45) is 1.84. The molecule has 0 aliphatic carbocycles. The van der Waals surface area contributed by atoms with E-state index in [1.807, 2.05) is 0 Å². The summed E-state index contributed by atoms with van der Waals surface area (Å²) in [6.45, 7) is 5.82. The van der Waals surface area contributed by atoms with Gasteiger partial charge in [0, 0.05) is 19.9 Å². The third kappa shape index (κ3) is 6.40. The molecule has 16 heavy (non-hydrogen) atoms. The number of amides is 1. The zero-order valence-electron chi connectivity index (χ0n) is 10.3. The first-order valence-corrected chi connectivity index (χ1v) is 5.61. The smallest absolute Gasteiger partial charge is 0.303 e. The van der Waals surface area contributed by atoms with Gasteiger partial charge in [0.1, 0.15) is 0 Å². The molecule has 0 radical (unpaired) electrons. The highest BCUT2D eigenvalue weighted by molar-refractivity contribution is 5.72. The lowest BCUT2D eigenvalue weighted by atomic mass is 9.91. The first kappa shape index (κ1) is 14.9. The molecule has 0 bridgehead atoms. The molecule has 0 aliphatic heterocycles. The summed E-state index contributed by atoms with van der Waals surface area (Å²) in [5, 5.41) is 9.87. The number of carboxylic acid groups (broad SMARTS) is 1. The van der Waals surface area contributed by atoms with Crippen molar-refractivity contribution in [3.8, 4) is 0 Å². The Bertz CT molecular complexity index is 243. The molecule has 2 unspecified atom stereocenters. The number of hydrogen-bond acceptors (Lipinski definition) is 3. The monoisotopic (exact) mass is 230 g/mol. The van der Waals surface area contributed by atoms with Crippen LogP contribution in [0, 0.1) is 11.8 Å². The van der Waals surface area contributed by atoms with Gasteiger partial charge in [0.05, 0.1) is 0 Å². The topological polar surface area (TPSA) is 83.6 Å². The minimum Gasteiger partial charge on any atom is -0.481 e. The zero-order valence-corrected chi connectivity index (χ0v) is 10.3. The van der Waals surface area contributed by atoms with Gasteiger partial charge in [-0.1, -0.05) is 20.3 Å². The van der Waals surface area contributed by atoms with Crippen LogP contribution in [0.5, 0.6) is 0 Å². The summed E-state index contributed by atoms with van der Waals surface area (Å²) < 4.78 is 0. The van der Waals surface area contributed by atoms with Crippen LogP contribution in [-0.4, -0.2) is 28.5 Å². The van der Waals surface area contributed by atoms with Crippen molar-refractivity contribution in [3.05, 3.63) is 0 Å². The molecule has 0 saturated carbocycles. The van der Waals surface area contributed by atoms with Crippen LogP contribution < -0.4 is 5.84 Å². The molecule has 1 amide bonds. The Morgan fingerprint density at radius 2 is 2.00 bits per heavy atom. The van der Waals surface area contributed by atoms with Gasteiger partial charge >= 0.3 is 5.97 Å². The molecular formula is C11H22N2O3. The SMILES string of the molecule is CCC(C)CC(CC(=O)O)CN(N)C(C)=O. The number of carbonyl (C=O) groups is 2. The molecule has 0 spiro atoms.